The summed E-state index contributed by atoms with van der Waals surface area (Å²) in [5.74, 6) is -0.388. The minimum Gasteiger partial charge on any atom is -0.289 e. The summed E-state index contributed by atoms with van der Waals surface area (Å²) < 4.78 is 14.1. The van der Waals surface area contributed by atoms with Crippen molar-refractivity contribution >= 4 is 21.7 Å². The Hall–Kier alpha value is -1.48. The van der Waals surface area contributed by atoms with E-state index in [2.05, 4.69) is 15.9 Å². The maximum Gasteiger partial charge on any atom is 0.194 e. The van der Waals surface area contributed by atoms with Crippen LogP contribution in [-0.4, -0.2) is 5.78 Å². The summed E-state index contributed by atoms with van der Waals surface area (Å²) in [4.78, 5) is 12.6. The largest absolute Gasteiger partial charge is 0.289 e. The predicted octanol–water partition coefficient (Wildman–Crippen LogP) is 4.74. The van der Waals surface area contributed by atoms with Gasteiger partial charge in [0, 0.05) is 15.6 Å². The van der Waals surface area contributed by atoms with Crippen LogP contribution in [-0.2, 0) is 0 Å². The molecule has 0 aliphatic heterocycles. The van der Waals surface area contributed by atoms with E-state index in [4.69, 9.17) is 0 Å². The number of carbonyl (C=O) groups excluding carboxylic acids is 1. The van der Waals surface area contributed by atoms with E-state index in [0.717, 1.165) is 10.0 Å². The van der Waals surface area contributed by atoms with Crippen LogP contribution in [0.3, 0.4) is 0 Å². The highest BCUT2D eigenvalue weighted by Crippen LogP contribution is 2.26. The molecule has 0 aliphatic carbocycles. The second-order valence-corrected chi connectivity index (χ2v) is 5.47. The molecule has 3 heteroatoms. The van der Waals surface area contributed by atoms with Crippen molar-refractivity contribution in [1.82, 2.24) is 0 Å². The number of hydrogen-bond acceptors (Lipinski definition) is 1. The molecule has 0 amide bonds. The van der Waals surface area contributed by atoms with Crippen LogP contribution in [0.2, 0.25) is 0 Å². The van der Waals surface area contributed by atoms with Gasteiger partial charge in [0.1, 0.15) is 5.82 Å². The Morgan fingerprint density at radius 2 is 1.63 bits per heavy atom. The molecule has 0 aromatic heterocycles. The molecule has 2 aromatic rings. The van der Waals surface area contributed by atoms with Gasteiger partial charge in [0.25, 0.3) is 0 Å². The standard InChI is InChI=1S/C16H14BrFO/c1-9-5-4-6-13(15(9)17)16(19)14-10(2)7-12(18)8-11(14)3/h4-8H,1-3H3. The monoisotopic (exact) mass is 320 g/mol. The van der Waals surface area contributed by atoms with Crippen LogP contribution < -0.4 is 0 Å². The van der Waals surface area contributed by atoms with E-state index < -0.39 is 0 Å². The zero-order valence-electron chi connectivity index (χ0n) is 11.1. The van der Waals surface area contributed by atoms with Crippen LogP contribution in [0.25, 0.3) is 0 Å². The molecule has 19 heavy (non-hydrogen) atoms. The molecule has 98 valence electrons. The van der Waals surface area contributed by atoms with E-state index in [9.17, 15) is 9.18 Å². The molecular formula is C16H14BrFO. The molecule has 0 fully saturated rings. The maximum absolute atomic E-state index is 13.3. The normalized spacial score (nSPS) is 10.6. The van der Waals surface area contributed by atoms with Crippen molar-refractivity contribution in [2.45, 2.75) is 20.8 Å². The quantitative estimate of drug-likeness (QED) is 0.730. The summed E-state index contributed by atoms with van der Waals surface area (Å²) in [5.41, 5.74) is 3.51. The lowest BCUT2D eigenvalue weighted by molar-refractivity contribution is 0.103. The third-order valence-electron chi connectivity index (χ3n) is 3.16. The van der Waals surface area contributed by atoms with E-state index in [1.54, 1.807) is 19.9 Å². The zero-order chi connectivity index (χ0) is 14.2. The van der Waals surface area contributed by atoms with Crippen LogP contribution >= 0.6 is 15.9 Å². The van der Waals surface area contributed by atoms with Crippen molar-refractivity contribution in [3.8, 4) is 0 Å². The highest BCUT2D eigenvalue weighted by molar-refractivity contribution is 9.10. The second-order valence-electron chi connectivity index (χ2n) is 4.68. The zero-order valence-corrected chi connectivity index (χ0v) is 12.6. The molecule has 0 aliphatic rings. The lowest BCUT2D eigenvalue weighted by Gasteiger charge is -2.11. The number of benzene rings is 2. The second kappa shape index (κ2) is 5.25. The summed E-state index contributed by atoms with van der Waals surface area (Å²) in [5, 5.41) is 0. The average Bonchev–Trinajstić information content (AvgIpc) is 2.31. The van der Waals surface area contributed by atoms with Crippen molar-refractivity contribution in [2.24, 2.45) is 0 Å². The number of carbonyl (C=O) groups is 1. The Balaban J connectivity index is 2.60. The summed E-state index contributed by atoms with van der Waals surface area (Å²) in [7, 11) is 0. The van der Waals surface area contributed by atoms with Crippen LogP contribution in [0.1, 0.15) is 32.6 Å². The van der Waals surface area contributed by atoms with Crippen molar-refractivity contribution in [3.05, 3.63) is 68.4 Å². The molecule has 2 rings (SSSR count). The summed E-state index contributed by atoms with van der Waals surface area (Å²) in [6, 6.07) is 8.35. The molecule has 0 saturated carbocycles. The Bertz CT molecular complexity index is 639. The van der Waals surface area contributed by atoms with Gasteiger partial charge in [-0.15, -0.1) is 0 Å². The van der Waals surface area contributed by atoms with Gasteiger partial charge in [-0.1, -0.05) is 12.1 Å². The van der Waals surface area contributed by atoms with Gasteiger partial charge in [0.05, 0.1) is 0 Å². The van der Waals surface area contributed by atoms with Gasteiger partial charge in [-0.2, -0.15) is 0 Å². The van der Waals surface area contributed by atoms with Gasteiger partial charge in [0.2, 0.25) is 0 Å². The number of ketones is 1. The number of hydrogen-bond donors (Lipinski definition) is 0. The third kappa shape index (κ3) is 2.61. The fraction of sp³-hybridized carbons (Fsp3) is 0.188. The topological polar surface area (TPSA) is 17.1 Å². The average molecular weight is 321 g/mol. The van der Waals surface area contributed by atoms with E-state index >= 15 is 0 Å². The highest BCUT2D eigenvalue weighted by atomic mass is 79.9. The molecule has 2 aromatic carbocycles. The Morgan fingerprint density at radius 3 is 2.21 bits per heavy atom. The minimum absolute atomic E-state index is 0.0782. The summed E-state index contributed by atoms with van der Waals surface area (Å²) in [6.45, 7) is 5.45. The van der Waals surface area contributed by atoms with Gasteiger partial charge in [0.15, 0.2) is 5.78 Å². The lowest BCUT2D eigenvalue weighted by atomic mass is 9.94. The van der Waals surface area contributed by atoms with Crippen LogP contribution in [0.5, 0.6) is 0 Å². The van der Waals surface area contributed by atoms with Crippen LogP contribution in [0, 0.1) is 26.6 Å². The molecule has 0 spiro atoms. The Labute approximate surface area is 120 Å². The Kier molecular flexibility index (Phi) is 3.85. The van der Waals surface area contributed by atoms with Gasteiger partial charge < -0.3 is 0 Å². The smallest absolute Gasteiger partial charge is 0.194 e. The first kappa shape index (κ1) is 13.9. The first-order valence-electron chi connectivity index (χ1n) is 5.98. The van der Waals surface area contributed by atoms with Crippen LogP contribution in [0.4, 0.5) is 4.39 Å². The SMILES string of the molecule is Cc1cccc(C(=O)c2c(C)cc(F)cc2C)c1Br. The summed E-state index contributed by atoms with van der Waals surface area (Å²) >= 11 is 3.45. The van der Waals surface area contributed by atoms with Crippen molar-refractivity contribution < 1.29 is 9.18 Å². The molecule has 1 nitrogen and oxygen atoms in total. The molecule has 0 radical (unpaired) electrons. The number of halogens is 2. The van der Waals surface area contributed by atoms with Crippen LogP contribution in [0.15, 0.2) is 34.8 Å². The van der Waals surface area contributed by atoms with Gasteiger partial charge in [-0.25, -0.2) is 4.39 Å². The number of aryl methyl sites for hydroxylation is 3. The first-order chi connectivity index (χ1) is 8.91. The first-order valence-corrected chi connectivity index (χ1v) is 6.77. The van der Waals surface area contributed by atoms with Crippen molar-refractivity contribution in [3.63, 3.8) is 0 Å². The third-order valence-corrected chi connectivity index (χ3v) is 4.21. The molecule has 0 bridgehead atoms. The lowest BCUT2D eigenvalue weighted by Crippen LogP contribution is -2.08. The Morgan fingerprint density at radius 1 is 1.05 bits per heavy atom. The van der Waals surface area contributed by atoms with E-state index in [-0.39, 0.29) is 11.6 Å². The van der Waals surface area contributed by atoms with Gasteiger partial charge in [-0.05, 0) is 71.6 Å². The van der Waals surface area contributed by atoms with Crippen molar-refractivity contribution in [1.29, 1.82) is 0 Å². The van der Waals surface area contributed by atoms with Crippen molar-refractivity contribution in [2.75, 3.05) is 0 Å². The van der Waals surface area contributed by atoms with Gasteiger partial charge >= 0.3 is 0 Å². The minimum atomic E-state index is -0.310. The maximum atomic E-state index is 13.3. The molecule has 0 saturated heterocycles. The molecule has 0 atom stereocenters. The molecule has 0 heterocycles. The predicted molar refractivity (Wildman–Crippen MR) is 78.2 cm³/mol. The van der Waals surface area contributed by atoms with Gasteiger partial charge in [-0.3, -0.25) is 4.79 Å². The molecule has 0 unspecified atom stereocenters. The molecule has 0 N–H and O–H groups in total. The fourth-order valence-electron chi connectivity index (χ4n) is 2.23. The summed E-state index contributed by atoms with van der Waals surface area (Å²) in [6.07, 6.45) is 0. The van der Waals surface area contributed by atoms with E-state index in [1.807, 2.05) is 19.1 Å². The highest BCUT2D eigenvalue weighted by Gasteiger charge is 2.18. The fourth-order valence-corrected chi connectivity index (χ4v) is 2.67. The van der Waals surface area contributed by atoms with E-state index in [1.165, 1.54) is 12.1 Å². The van der Waals surface area contributed by atoms with E-state index in [0.29, 0.717) is 22.3 Å². The molecular weight excluding hydrogens is 307 g/mol. The number of rotatable bonds is 2.